The van der Waals surface area contributed by atoms with Gasteiger partial charge < -0.3 is 20.1 Å². The van der Waals surface area contributed by atoms with Crippen molar-refractivity contribution in [2.75, 3.05) is 30.4 Å². The zero-order valence-electron chi connectivity index (χ0n) is 11.6. The molecule has 110 valence electrons. The molecule has 1 aliphatic rings. The van der Waals surface area contributed by atoms with E-state index < -0.39 is 0 Å². The Kier molecular flexibility index (Phi) is 3.39. The molecule has 2 N–H and O–H groups in total. The number of fused-ring (bicyclic) bond motifs is 1. The van der Waals surface area contributed by atoms with Crippen molar-refractivity contribution in [2.24, 2.45) is 0 Å². The van der Waals surface area contributed by atoms with Gasteiger partial charge in [0.25, 0.3) is 0 Å². The van der Waals surface area contributed by atoms with E-state index in [0.29, 0.717) is 12.3 Å². The van der Waals surface area contributed by atoms with E-state index in [1.165, 1.54) is 17.1 Å². The first-order valence-electron chi connectivity index (χ1n) is 6.61. The molecule has 0 fully saturated rings. The van der Waals surface area contributed by atoms with Gasteiger partial charge in [-0.2, -0.15) is 5.10 Å². The molecule has 7 nitrogen and oxygen atoms in total. The summed E-state index contributed by atoms with van der Waals surface area (Å²) in [6, 6.07) is 5.57. The molecule has 1 amide bonds. The number of carbonyl (C=O) groups excluding carboxylic acids is 1. The van der Waals surface area contributed by atoms with Gasteiger partial charge in [0.2, 0.25) is 5.91 Å². The number of hydrogen-bond acceptors (Lipinski definition) is 5. The predicted octanol–water partition coefficient (Wildman–Crippen LogP) is 1.06. The fourth-order valence-electron chi connectivity index (χ4n) is 2.22. The molecule has 0 radical (unpaired) electrons. The fraction of sp³-hybridized carbons (Fsp3) is 0.286. The van der Waals surface area contributed by atoms with E-state index in [9.17, 15) is 9.90 Å². The van der Waals surface area contributed by atoms with Crippen LogP contribution in [0.3, 0.4) is 0 Å². The third-order valence-electron chi connectivity index (χ3n) is 3.26. The van der Waals surface area contributed by atoms with Crippen LogP contribution < -0.4 is 15.0 Å². The van der Waals surface area contributed by atoms with E-state index >= 15 is 0 Å². The van der Waals surface area contributed by atoms with Crippen LogP contribution in [0.25, 0.3) is 0 Å². The zero-order chi connectivity index (χ0) is 14.8. The smallest absolute Gasteiger partial charge is 0.246 e. The second-order valence-electron chi connectivity index (χ2n) is 4.90. The molecule has 0 spiro atoms. The van der Waals surface area contributed by atoms with Crippen molar-refractivity contribution in [3.63, 3.8) is 0 Å². The number of carbonyl (C=O) groups is 1. The molecule has 2 heterocycles. The number of aromatic nitrogens is 2. The van der Waals surface area contributed by atoms with Gasteiger partial charge in [-0.05, 0) is 12.1 Å². The van der Waals surface area contributed by atoms with E-state index in [1.807, 2.05) is 25.2 Å². The van der Waals surface area contributed by atoms with Crippen LogP contribution in [0.5, 0.6) is 11.5 Å². The molecule has 7 heteroatoms. The summed E-state index contributed by atoms with van der Waals surface area (Å²) < 4.78 is 6.96. The average Bonchev–Trinajstić information content (AvgIpc) is 2.84. The molecule has 1 aliphatic heterocycles. The highest BCUT2D eigenvalue weighted by atomic mass is 16.5. The highest BCUT2D eigenvalue weighted by Gasteiger charge is 2.15. The first-order chi connectivity index (χ1) is 10.1. The molecule has 2 aromatic rings. The summed E-state index contributed by atoms with van der Waals surface area (Å²) in [6.45, 7) is 1.52. The number of ether oxygens (including phenoxy) is 1. The Balaban J connectivity index is 1.69. The van der Waals surface area contributed by atoms with E-state index in [4.69, 9.17) is 4.74 Å². The third-order valence-corrected chi connectivity index (χ3v) is 3.26. The summed E-state index contributed by atoms with van der Waals surface area (Å²) in [5.74, 6) is 0.577. The van der Waals surface area contributed by atoms with Gasteiger partial charge in [0, 0.05) is 18.8 Å². The Bertz CT molecular complexity index is 668. The minimum absolute atomic E-state index is 0.0352. The second kappa shape index (κ2) is 5.35. The molecule has 3 rings (SSSR count). The van der Waals surface area contributed by atoms with E-state index in [2.05, 4.69) is 15.3 Å². The Morgan fingerprint density at radius 3 is 3.14 bits per heavy atom. The summed E-state index contributed by atoms with van der Waals surface area (Å²) >= 11 is 0. The number of nitrogens with zero attached hydrogens (tertiary/aromatic N) is 3. The first-order valence-corrected chi connectivity index (χ1v) is 6.61. The molecular weight excluding hydrogens is 272 g/mol. The van der Waals surface area contributed by atoms with Crippen LogP contribution in [-0.4, -0.2) is 41.0 Å². The third kappa shape index (κ3) is 2.91. The molecule has 0 saturated carbocycles. The van der Waals surface area contributed by atoms with Gasteiger partial charge >= 0.3 is 0 Å². The van der Waals surface area contributed by atoms with Crippen molar-refractivity contribution in [3.8, 4) is 11.5 Å². The van der Waals surface area contributed by atoms with Crippen LogP contribution >= 0.6 is 0 Å². The van der Waals surface area contributed by atoms with Gasteiger partial charge in [-0.25, -0.2) is 0 Å². The minimum Gasteiger partial charge on any atom is -0.505 e. The SMILES string of the molecule is CN1CCOc2cc(NC(=O)Cn3cc(O)cn3)ccc21. The quantitative estimate of drug-likeness (QED) is 0.882. The number of nitrogens with one attached hydrogen (secondary N) is 1. The highest BCUT2D eigenvalue weighted by Crippen LogP contribution is 2.33. The summed E-state index contributed by atoms with van der Waals surface area (Å²) in [7, 11) is 2.00. The van der Waals surface area contributed by atoms with Gasteiger partial charge in [-0.1, -0.05) is 0 Å². The Morgan fingerprint density at radius 2 is 2.38 bits per heavy atom. The van der Waals surface area contributed by atoms with Gasteiger partial charge in [-0.3, -0.25) is 9.48 Å². The van der Waals surface area contributed by atoms with Crippen molar-refractivity contribution in [1.29, 1.82) is 0 Å². The van der Waals surface area contributed by atoms with Crippen molar-refractivity contribution in [3.05, 3.63) is 30.6 Å². The Hall–Kier alpha value is -2.70. The maximum atomic E-state index is 11.9. The van der Waals surface area contributed by atoms with Crippen LogP contribution in [-0.2, 0) is 11.3 Å². The maximum Gasteiger partial charge on any atom is 0.246 e. The van der Waals surface area contributed by atoms with Gasteiger partial charge in [-0.15, -0.1) is 0 Å². The van der Waals surface area contributed by atoms with Crippen molar-refractivity contribution in [1.82, 2.24) is 9.78 Å². The summed E-state index contributed by atoms with van der Waals surface area (Å²) in [5.41, 5.74) is 1.68. The molecule has 1 aromatic heterocycles. The fourth-order valence-corrected chi connectivity index (χ4v) is 2.22. The van der Waals surface area contributed by atoms with Crippen molar-refractivity contribution >= 4 is 17.3 Å². The topological polar surface area (TPSA) is 79.6 Å². The lowest BCUT2D eigenvalue weighted by molar-refractivity contribution is -0.116. The summed E-state index contributed by atoms with van der Waals surface area (Å²) in [5, 5.41) is 15.8. The van der Waals surface area contributed by atoms with E-state index in [1.54, 1.807) is 0 Å². The lowest BCUT2D eigenvalue weighted by Gasteiger charge is -2.27. The molecule has 0 unspecified atom stereocenters. The zero-order valence-corrected chi connectivity index (χ0v) is 11.6. The molecule has 0 bridgehead atoms. The first kappa shape index (κ1) is 13.3. The molecule has 0 aliphatic carbocycles. The molecule has 21 heavy (non-hydrogen) atoms. The summed E-state index contributed by atoms with van der Waals surface area (Å²) in [4.78, 5) is 14.0. The Labute approximate surface area is 121 Å². The lowest BCUT2D eigenvalue weighted by Crippen LogP contribution is -2.28. The maximum absolute atomic E-state index is 11.9. The van der Waals surface area contributed by atoms with Crippen LogP contribution in [0.4, 0.5) is 11.4 Å². The van der Waals surface area contributed by atoms with Gasteiger partial charge in [0.05, 0.1) is 24.6 Å². The number of benzene rings is 1. The van der Waals surface area contributed by atoms with Gasteiger partial charge in [0.15, 0.2) is 5.75 Å². The van der Waals surface area contributed by atoms with Crippen LogP contribution in [0.2, 0.25) is 0 Å². The Morgan fingerprint density at radius 1 is 1.52 bits per heavy atom. The number of likely N-dealkylation sites (N-methyl/N-ethyl adjacent to an activating group) is 1. The number of anilines is 2. The molecule has 1 aromatic carbocycles. The predicted molar refractivity (Wildman–Crippen MR) is 77.7 cm³/mol. The highest BCUT2D eigenvalue weighted by molar-refractivity contribution is 5.91. The number of hydrogen-bond donors (Lipinski definition) is 2. The summed E-state index contributed by atoms with van der Waals surface area (Å²) in [6.07, 6.45) is 2.68. The number of rotatable bonds is 3. The standard InChI is InChI=1S/C14H16N4O3/c1-17-4-5-21-13-6-10(2-3-12(13)17)16-14(20)9-18-8-11(19)7-15-18/h2-3,6-8,19H,4-5,9H2,1H3,(H,16,20). The molecule has 0 saturated heterocycles. The minimum atomic E-state index is -0.220. The van der Waals surface area contributed by atoms with Crippen LogP contribution in [0, 0.1) is 0 Å². The number of amides is 1. The number of aromatic hydroxyl groups is 1. The largest absolute Gasteiger partial charge is 0.505 e. The second-order valence-corrected chi connectivity index (χ2v) is 4.90. The van der Waals surface area contributed by atoms with E-state index in [0.717, 1.165) is 18.0 Å². The van der Waals surface area contributed by atoms with E-state index in [-0.39, 0.29) is 18.2 Å². The van der Waals surface area contributed by atoms with Crippen LogP contribution in [0.15, 0.2) is 30.6 Å². The van der Waals surface area contributed by atoms with Crippen molar-refractivity contribution in [2.45, 2.75) is 6.54 Å². The molecular formula is C14H16N4O3. The monoisotopic (exact) mass is 288 g/mol. The molecule has 0 atom stereocenters. The van der Waals surface area contributed by atoms with Crippen LogP contribution in [0.1, 0.15) is 0 Å². The van der Waals surface area contributed by atoms with Crippen molar-refractivity contribution < 1.29 is 14.6 Å². The average molecular weight is 288 g/mol. The van der Waals surface area contributed by atoms with Gasteiger partial charge in [0.1, 0.15) is 18.9 Å². The normalized spacial score (nSPS) is 13.5. The lowest BCUT2D eigenvalue weighted by atomic mass is 10.2.